The second-order valence-electron chi connectivity index (χ2n) is 7.96. The van der Waals surface area contributed by atoms with E-state index in [0.717, 1.165) is 18.1 Å². The number of nitrogens with zero attached hydrogens (tertiary/aromatic N) is 4. The molecule has 166 valence electrons. The van der Waals surface area contributed by atoms with Gasteiger partial charge in [-0.15, -0.1) is 10.2 Å². The van der Waals surface area contributed by atoms with E-state index in [4.69, 9.17) is 0 Å². The first kappa shape index (κ1) is 22.7. The van der Waals surface area contributed by atoms with Gasteiger partial charge in [-0.25, -0.2) is 13.1 Å². The molecular formula is C19H26F3N5O2S. The number of aromatic nitrogens is 3. The molecule has 30 heavy (non-hydrogen) atoms. The molecule has 1 aromatic carbocycles. The summed E-state index contributed by atoms with van der Waals surface area (Å²) in [6, 6.07) is 4.86. The molecule has 3 rings (SSSR count). The number of hydrogen-bond donors (Lipinski definition) is 1. The van der Waals surface area contributed by atoms with Crippen molar-refractivity contribution in [3.63, 3.8) is 0 Å². The fraction of sp³-hybridized carbons (Fsp3) is 0.579. The first-order valence-electron chi connectivity index (χ1n) is 9.72. The molecule has 1 aliphatic rings. The first-order valence-corrected chi connectivity index (χ1v) is 11.6. The summed E-state index contributed by atoms with van der Waals surface area (Å²) in [6.07, 6.45) is -2.68. The van der Waals surface area contributed by atoms with E-state index in [1.807, 2.05) is 18.4 Å². The standard InChI is InChI=1S/C19H26F3N5O2S/c1-13(2)17(25-30(3,28)29)18-24-23-16-7-8-26(9-10-27(16)18)12-14-5-4-6-15(11-14)19(20,21)22/h4-6,11,13,17,25H,7-10,12H2,1-3H3/t17-/m1/s1. The van der Waals surface area contributed by atoms with Gasteiger partial charge in [0.1, 0.15) is 5.82 Å². The van der Waals surface area contributed by atoms with Crippen LogP contribution >= 0.6 is 0 Å². The van der Waals surface area contributed by atoms with Crippen LogP contribution in [0.15, 0.2) is 24.3 Å². The zero-order chi connectivity index (χ0) is 22.1. The molecule has 7 nitrogen and oxygen atoms in total. The Hall–Kier alpha value is -1.98. The number of nitrogens with one attached hydrogen (secondary N) is 1. The minimum absolute atomic E-state index is 0.0301. The number of benzene rings is 1. The van der Waals surface area contributed by atoms with Crippen LogP contribution in [0.3, 0.4) is 0 Å². The highest BCUT2D eigenvalue weighted by Gasteiger charge is 2.31. The van der Waals surface area contributed by atoms with Gasteiger partial charge in [-0.2, -0.15) is 13.2 Å². The third kappa shape index (κ3) is 5.58. The van der Waals surface area contributed by atoms with Gasteiger partial charge in [0.05, 0.1) is 17.9 Å². The Morgan fingerprint density at radius 1 is 1.17 bits per heavy atom. The normalized spacial score (nSPS) is 17.0. The zero-order valence-corrected chi connectivity index (χ0v) is 18.0. The molecule has 0 radical (unpaired) electrons. The summed E-state index contributed by atoms with van der Waals surface area (Å²) in [5.41, 5.74) is -0.0534. The smallest absolute Gasteiger partial charge is 0.312 e. The van der Waals surface area contributed by atoms with Gasteiger partial charge < -0.3 is 4.57 Å². The quantitative estimate of drug-likeness (QED) is 0.740. The highest BCUT2D eigenvalue weighted by Crippen LogP contribution is 2.30. The molecule has 1 aliphatic heterocycles. The molecular weight excluding hydrogens is 419 g/mol. The molecule has 1 aromatic heterocycles. The van der Waals surface area contributed by atoms with E-state index in [9.17, 15) is 21.6 Å². The van der Waals surface area contributed by atoms with Gasteiger partial charge in [0, 0.05) is 32.6 Å². The van der Waals surface area contributed by atoms with Crippen molar-refractivity contribution in [2.75, 3.05) is 19.3 Å². The van der Waals surface area contributed by atoms with Crippen molar-refractivity contribution in [1.82, 2.24) is 24.4 Å². The first-order chi connectivity index (χ1) is 13.9. The lowest BCUT2D eigenvalue weighted by atomic mass is 10.1. The van der Waals surface area contributed by atoms with Crippen LogP contribution in [-0.2, 0) is 35.7 Å². The van der Waals surface area contributed by atoms with E-state index in [1.54, 1.807) is 6.07 Å². The number of hydrogen-bond acceptors (Lipinski definition) is 5. The number of sulfonamides is 1. The molecule has 2 aromatic rings. The Morgan fingerprint density at radius 3 is 2.53 bits per heavy atom. The summed E-state index contributed by atoms with van der Waals surface area (Å²) in [6.45, 7) is 5.96. The van der Waals surface area contributed by atoms with Crippen LogP contribution in [0, 0.1) is 5.92 Å². The number of alkyl halides is 3. The molecule has 0 unspecified atom stereocenters. The highest BCUT2D eigenvalue weighted by molar-refractivity contribution is 7.88. The summed E-state index contributed by atoms with van der Waals surface area (Å²) in [7, 11) is -3.43. The van der Waals surface area contributed by atoms with Gasteiger partial charge in [0.15, 0.2) is 5.82 Å². The van der Waals surface area contributed by atoms with Crippen LogP contribution in [0.4, 0.5) is 13.2 Å². The van der Waals surface area contributed by atoms with Crippen molar-refractivity contribution in [3.05, 3.63) is 47.0 Å². The molecule has 2 heterocycles. The summed E-state index contributed by atoms with van der Waals surface area (Å²) in [4.78, 5) is 2.07. The topological polar surface area (TPSA) is 80.1 Å². The number of fused-ring (bicyclic) bond motifs is 1. The summed E-state index contributed by atoms with van der Waals surface area (Å²) in [5, 5.41) is 8.48. The Morgan fingerprint density at radius 2 is 1.90 bits per heavy atom. The molecule has 0 saturated carbocycles. The van der Waals surface area contributed by atoms with Crippen molar-refractivity contribution in [2.45, 2.75) is 45.6 Å². The number of rotatable bonds is 6. The Bertz CT molecular complexity index is 988. The van der Waals surface area contributed by atoms with Crippen LogP contribution in [-0.4, -0.2) is 47.4 Å². The maximum Gasteiger partial charge on any atom is 0.416 e. The Labute approximate surface area is 174 Å². The molecule has 0 fully saturated rings. The van der Waals surface area contributed by atoms with Crippen LogP contribution in [0.1, 0.15) is 42.7 Å². The Balaban J connectivity index is 1.75. The molecule has 0 spiro atoms. The minimum atomic E-state index is -4.36. The van der Waals surface area contributed by atoms with Gasteiger partial charge in [0.25, 0.3) is 0 Å². The highest BCUT2D eigenvalue weighted by atomic mass is 32.2. The molecule has 0 bridgehead atoms. The average Bonchev–Trinajstić information content (AvgIpc) is 2.92. The largest absolute Gasteiger partial charge is 0.416 e. The predicted octanol–water partition coefficient (Wildman–Crippen LogP) is 2.60. The van der Waals surface area contributed by atoms with Gasteiger partial charge in [0.2, 0.25) is 10.0 Å². The van der Waals surface area contributed by atoms with E-state index in [2.05, 4.69) is 19.8 Å². The lowest BCUT2D eigenvalue weighted by Gasteiger charge is -2.23. The van der Waals surface area contributed by atoms with E-state index >= 15 is 0 Å². The van der Waals surface area contributed by atoms with Gasteiger partial charge >= 0.3 is 6.18 Å². The van der Waals surface area contributed by atoms with E-state index in [-0.39, 0.29) is 5.92 Å². The SMILES string of the molecule is CC(C)[C@@H](NS(C)(=O)=O)c1nnc2n1CCN(Cc1cccc(C(F)(F)F)c1)CC2. The van der Waals surface area contributed by atoms with Crippen molar-refractivity contribution < 1.29 is 21.6 Å². The fourth-order valence-electron chi connectivity index (χ4n) is 3.60. The molecule has 0 aliphatic carbocycles. The van der Waals surface area contributed by atoms with Gasteiger partial charge in [-0.3, -0.25) is 4.90 Å². The minimum Gasteiger partial charge on any atom is -0.312 e. The lowest BCUT2D eigenvalue weighted by molar-refractivity contribution is -0.137. The van der Waals surface area contributed by atoms with Crippen molar-refractivity contribution in [3.8, 4) is 0 Å². The summed E-state index contributed by atoms with van der Waals surface area (Å²) < 4.78 is 67.0. The molecule has 11 heteroatoms. The molecule has 0 saturated heterocycles. The van der Waals surface area contributed by atoms with E-state index in [0.29, 0.717) is 44.0 Å². The van der Waals surface area contributed by atoms with Crippen molar-refractivity contribution >= 4 is 10.0 Å². The molecule has 1 atom stereocenters. The summed E-state index contributed by atoms with van der Waals surface area (Å²) >= 11 is 0. The zero-order valence-electron chi connectivity index (χ0n) is 17.1. The second-order valence-corrected chi connectivity index (χ2v) is 9.74. The van der Waals surface area contributed by atoms with E-state index < -0.39 is 27.8 Å². The Kier molecular flexibility index (Phi) is 6.54. The summed E-state index contributed by atoms with van der Waals surface area (Å²) in [5.74, 6) is 1.28. The third-order valence-electron chi connectivity index (χ3n) is 5.09. The maximum atomic E-state index is 13.0. The lowest BCUT2D eigenvalue weighted by Crippen LogP contribution is -2.33. The predicted molar refractivity (Wildman–Crippen MR) is 106 cm³/mol. The fourth-order valence-corrected chi connectivity index (χ4v) is 4.44. The average molecular weight is 446 g/mol. The van der Waals surface area contributed by atoms with Crippen LogP contribution in [0.2, 0.25) is 0 Å². The molecule has 0 amide bonds. The van der Waals surface area contributed by atoms with Crippen molar-refractivity contribution in [2.24, 2.45) is 5.92 Å². The van der Waals surface area contributed by atoms with Crippen molar-refractivity contribution in [1.29, 1.82) is 0 Å². The van der Waals surface area contributed by atoms with Crippen LogP contribution in [0.5, 0.6) is 0 Å². The van der Waals surface area contributed by atoms with Gasteiger partial charge in [-0.05, 0) is 17.5 Å². The second kappa shape index (κ2) is 8.64. The van der Waals surface area contributed by atoms with Gasteiger partial charge in [-0.1, -0.05) is 32.0 Å². The van der Waals surface area contributed by atoms with E-state index in [1.165, 1.54) is 12.1 Å². The monoisotopic (exact) mass is 445 g/mol. The molecule has 1 N–H and O–H groups in total. The third-order valence-corrected chi connectivity index (χ3v) is 5.78. The maximum absolute atomic E-state index is 13.0. The van der Waals surface area contributed by atoms with Crippen LogP contribution < -0.4 is 4.72 Å². The van der Waals surface area contributed by atoms with Crippen LogP contribution in [0.25, 0.3) is 0 Å². The number of halogens is 3.